The Hall–Kier alpha value is -5.09. The molecule has 5 rings (SSSR count). The molecule has 1 saturated heterocycles. The third-order valence-corrected chi connectivity index (χ3v) is 8.06. The van der Waals surface area contributed by atoms with Gasteiger partial charge in [-0.15, -0.1) is 0 Å². The Morgan fingerprint density at radius 1 is 0.867 bits per heavy atom. The number of likely N-dealkylation sites (N-methyl/N-ethyl adjacent to an activating group) is 1. The van der Waals surface area contributed by atoms with Crippen molar-refractivity contribution in [3.63, 3.8) is 0 Å². The predicted octanol–water partition coefficient (Wildman–Crippen LogP) is 4.44. The number of rotatable bonds is 10. The number of ketones is 1. The van der Waals surface area contributed by atoms with E-state index in [0.717, 1.165) is 31.6 Å². The summed E-state index contributed by atoms with van der Waals surface area (Å²) in [5.74, 6) is -1.32. The lowest BCUT2D eigenvalue weighted by Crippen LogP contribution is -2.37. The van der Waals surface area contributed by atoms with E-state index in [1.807, 2.05) is 18.2 Å². The van der Waals surface area contributed by atoms with Crippen molar-refractivity contribution < 1.29 is 18.8 Å². The Kier molecular flexibility index (Phi) is 9.53. The molecule has 1 fully saturated rings. The van der Waals surface area contributed by atoms with Gasteiger partial charge in [-0.25, -0.2) is 4.39 Å². The fourth-order valence-corrected chi connectivity index (χ4v) is 5.42. The standard InChI is InChI=1S/C35H36FN5O4/c1-22(37-2)33(43)39-30-13-14-31(25-7-6-8-26(19-25)34(44)38-3)41(35(30)45)21-23-17-27(20-29(18-23)40-15-4-5-16-40)32(42)24-9-11-28(36)12-10-24/h6-14,17-20,22,37H,4-5,15-16,21H2,1-3H3,(H,38,44)(H,39,43). The largest absolute Gasteiger partial charge is 0.372 e. The lowest BCUT2D eigenvalue weighted by atomic mass is 9.99. The van der Waals surface area contributed by atoms with Crippen molar-refractivity contribution in [1.29, 1.82) is 0 Å². The summed E-state index contributed by atoms with van der Waals surface area (Å²) in [5, 5.41) is 8.21. The van der Waals surface area contributed by atoms with Crippen LogP contribution in [-0.4, -0.2) is 55.4 Å². The van der Waals surface area contributed by atoms with E-state index in [2.05, 4.69) is 20.9 Å². The third kappa shape index (κ3) is 7.02. The van der Waals surface area contributed by atoms with Gasteiger partial charge in [0.2, 0.25) is 5.91 Å². The third-order valence-electron chi connectivity index (χ3n) is 8.06. The zero-order valence-electron chi connectivity index (χ0n) is 25.5. The number of hydrogen-bond donors (Lipinski definition) is 3. The van der Waals surface area contributed by atoms with E-state index >= 15 is 0 Å². The molecule has 3 aromatic carbocycles. The molecule has 0 saturated carbocycles. The van der Waals surface area contributed by atoms with Gasteiger partial charge in [-0.3, -0.25) is 19.2 Å². The van der Waals surface area contributed by atoms with Crippen molar-refractivity contribution in [3.05, 3.63) is 117 Å². The Labute approximate surface area is 261 Å². The summed E-state index contributed by atoms with van der Waals surface area (Å²) in [4.78, 5) is 54.9. The molecule has 1 aromatic heterocycles. The van der Waals surface area contributed by atoms with Gasteiger partial charge < -0.3 is 25.4 Å². The highest BCUT2D eigenvalue weighted by atomic mass is 19.1. The number of halogens is 1. The molecule has 1 aliphatic rings. The summed E-state index contributed by atoms with van der Waals surface area (Å²) in [6, 6.07) is 20.7. The summed E-state index contributed by atoms with van der Waals surface area (Å²) in [7, 11) is 3.20. The van der Waals surface area contributed by atoms with Crippen LogP contribution in [-0.2, 0) is 11.3 Å². The van der Waals surface area contributed by atoms with Crippen LogP contribution in [0.1, 0.15) is 51.6 Å². The lowest BCUT2D eigenvalue weighted by Gasteiger charge is -2.21. The number of nitrogens with one attached hydrogen (secondary N) is 3. The molecule has 4 aromatic rings. The van der Waals surface area contributed by atoms with Crippen LogP contribution >= 0.6 is 0 Å². The summed E-state index contributed by atoms with van der Waals surface area (Å²) in [6.45, 7) is 3.46. The molecular formula is C35H36FN5O4. The van der Waals surface area contributed by atoms with Crippen LogP contribution in [0.3, 0.4) is 0 Å². The van der Waals surface area contributed by atoms with Crippen molar-refractivity contribution in [2.24, 2.45) is 0 Å². The van der Waals surface area contributed by atoms with E-state index in [-0.39, 0.29) is 29.8 Å². The van der Waals surface area contributed by atoms with Crippen LogP contribution < -0.4 is 26.4 Å². The number of nitrogens with zero attached hydrogens (tertiary/aromatic N) is 2. The Balaban J connectivity index is 1.63. The fourth-order valence-electron chi connectivity index (χ4n) is 5.42. The zero-order chi connectivity index (χ0) is 32.1. The molecule has 0 spiro atoms. The summed E-state index contributed by atoms with van der Waals surface area (Å²) in [5.41, 5.74) is 3.59. The van der Waals surface area contributed by atoms with E-state index in [1.54, 1.807) is 57.4 Å². The number of hydrogen-bond acceptors (Lipinski definition) is 6. The van der Waals surface area contributed by atoms with Crippen LogP contribution in [0.5, 0.6) is 0 Å². The molecular weight excluding hydrogens is 573 g/mol. The molecule has 10 heteroatoms. The monoisotopic (exact) mass is 609 g/mol. The molecule has 0 aliphatic carbocycles. The molecule has 1 unspecified atom stereocenters. The van der Waals surface area contributed by atoms with E-state index in [1.165, 1.54) is 28.8 Å². The van der Waals surface area contributed by atoms with Gasteiger partial charge in [-0.05, 0) is 105 Å². The van der Waals surface area contributed by atoms with Crippen molar-refractivity contribution in [2.75, 3.05) is 37.4 Å². The maximum absolute atomic E-state index is 14.0. The van der Waals surface area contributed by atoms with Gasteiger partial charge in [0.15, 0.2) is 5.78 Å². The van der Waals surface area contributed by atoms with Crippen LogP contribution in [0.25, 0.3) is 11.3 Å². The molecule has 0 bridgehead atoms. The van der Waals surface area contributed by atoms with Crippen molar-refractivity contribution in [3.8, 4) is 11.3 Å². The number of carbonyl (C=O) groups excluding carboxylic acids is 3. The van der Waals surface area contributed by atoms with Crippen molar-refractivity contribution in [1.82, 2.24) is 15.2 Å². The molecule has 1 atom stereocenters. The predicted molar refractivity (Wildman–Crippen MR) is 174 cm³/mol. The molecule has 0 radical (unpaired) electrons. The number of pyridine rings is 1. The maximum atomic E-state index is 14.0. The average molecular weight is 610 g/mol. The number of aromatic nitrogens is 1. The van der Waals surface area contributed by atoms with Crippen LogP contribution in [0.2, 0.25) is 0 Å². The van der Waals surface area contributed by atoms with Gasteiger partial charge in [0, 0.05) is 42.5 Å². The second-order valence-corrected chi connectivity index (χ2v) is 11.1. The minimum absolute atomic E-state index is 0.0784. The molecule has 232 valence electrons. The highest BCUT2D eigenvalue weighted by molar-refractivity contribution is 6.09. The molecule has 2 amide bonds. The highest BCUT2D eigenvalue weighted by Crippen LogP contribution is 2.27. The molecule has 45 heavy (non-hydrogen) atoms. The second-order valence-electron chi connectivity index (χ2n) is 11.1. The normalized spacial score (nSPS) is 13.4. The number of amides is 2. The summed E-state index contributed by atoms with van der Waals surface area (Å²) < 4.78 is 15.1. The fraction of sp³-hybridized carbons (Fsp3) is 0.257. The van der Waals surface area contributed by atoms with E-state index in [9.17, 15) is 23.6 Å². The Morgan fingerprint density at radius 3 is 2.29 bits per heavy atom. The van der Waals surface area contributed by atoms with Gasteiger partial charge in [0.25, 0.3) is 11.5 Å². The average Bonchev–Trinajstić information content (AvgIpc) is 3.61. The number of benzene rings is 3. The first-order valence-electron chi connectivity index (χ1n) is 14.9. The van der Waals surface area contributed by atoms with Crippen molar-refractivity contribution >= 4 is 29.0 Å². The van der Waals surface area contributed by atoms with Gasteiger partial charge in [0.05, 0.1) is 18.3 Å². The summed E-state index contributed by atoms with van der Waals surface area (Å²) >= 11 is 0. The topological polar surface area (TPSA) is 113 Å². The van der Waals surface area contributed by atoms with Crippen molar-refractivity contribution in [2.45, 2.75) is 32.4 Å². The SMILES string of the molecule is CNC(=O)c1cccc(-c2ccc(NC(=O)C(C)NC)c(=O)n2Cc2cc(C(=O)c3ccc(F)cc3)cc(N3CCCC3)c2)c1. The first kappa shape index (κ1) is 31.3. The minimum Gasteiger partial charge on any atom is -0.372 e. The van der Waals surface area contributed by atoms with E-state index in [0.29, 0.717) is 33.5 Å². The molecule has 1 aliphatic heterocycles. The minimum atomic E-state index is -0.529. The zero-order valence-corrected chi connectivity index (χ0v) is 25.5. The molecule has 2 heterocycles. The molecule has 3 N–H and O–H groups in total. The Bertz CT molecular complexity index is 1790. The number of anilines is 2. The first-order valence-corrected chi connectivity index (χ1v) is 14.9. The number of carbonyl (C=O) groups is 3. The van der Waals surface area contributed by atoms with Crippen LogP contribution in [0.15, 0.2) is 83.7 Å². The van der Waals surface area contributed by atoms with E-state index < -0.39 is 17.4 Å². The van der Waals surface area contributed by atoms with Gasteiger partial charge >= 0.3 is 0 Å². The quantitative estimate of drug-likeness (QED) is 0.229. The van der Waals surface area contributed by atoms with Gasteiger partial charge in [0.1, 0.15) is 11.5 Å². The lowest BCUT2D eigenvalue weighted by molar-refractivity contribution is -0.117. The van der Waals surface area contributed by atoms with Gasteiger partial charge in [-0.2, -0.15) is 0 Å². The van der Waals surface area contributed by atoms with E-state index in [4.69, 9.17) is 0 Å². The molecule has 9 nitrogen and oxygen atoms in total. The summed E-state index contributed by atoms with van der Waals surface area (Å²) in [6.07, 6.45) is 2.06. The smallest absolute Gasteiger partial charge is 0.275 e. The Morgan fingerprint density at radius 2 is 1.60 bits per heavy atom. The second kappa shape index (κ2) is 13.7. The van der Waals surface area contributed by atoms with Crippen LogP contribution in [0, 0.1) is 5.82 Å². The maximum Gasteiger partial charge on any atom is 0.275 e. The van der Waals surface area contributed by atoms with Crippen LogP contribution in [0.4, 0.5) is 15.8 Å². The first-order chi connectivity index (χ1) is 21.7. The van der Waals surface area contributed by atoms with Gasteiger partial charge in [-0.1, -0.05) is 12.1 Å². The highest BCUT2D eigenvalue weighted by Gasteiger charge is 2.20.